The van der Waals surface area contributed by atoms with Crippen molar-refractivity contribution in [1.82, 2.24) is 10.6 Å². The van der Waals surface area contributed by atoms with Gasteiger partial charge in [0.2, 0.25) is 5.91 Å². The summed E-state index contributed by atoms with van der Waals surface area (Å²) in [6, 6.07) is 23.1. The number of benzene rings is 3. The van der Waals surface area contributed by atoms with Crippen molar-refractivity contribution in [3.63, 3.8) is 0 Å². The Morgan fingerprint density at radius 1 is 0.829 bits per heavy atom. The Labute approximate surface area is 204 Å². The number of rotatable bonds is 9. The van der Waals surface area contributed by atoms with Gasteiger partial charge in [-0.3, -0.25) is 4.79 Å². The molecule has 0 saturated heterocycles. The van der Waals surface area contributed by atoms with Gasteiger partial charge in [-0.25, -0.2) is 9.59 Å². The van der Waals surface area contributed by atoms with Crippen LogP contribution in [-0.2, 0) is 20.7 Å². The normalized spacial score (nSPS) is 13.7. The molecule has 0 saturated carbocycles. The molecule has 7 nitrogen and oxygen atoms in total. The molecule has 3 aromatic carbocycles. The van der Waals surface area contributed by atoms with Gasteiger partial charge in [0.1, 0.15) is 18.7 Å². The molecule has 2 amide bonds. The summed E-state index contributed by atoms with van der Waals surface area (Å²) in [6.07, 6.45) is -0.291. The fourth-order valence-corrected chi connectivity index (χ4v) is 4.46. The van der Waals surface area contributed by atoms with Gasteiger partial charge in [-0.05, 0) is 34.2 Å². The maximum absolute atomic E-state index is 12.8. The fourth-order valence-electron chi connectivity index (χ4n) is 4.46. The van der Waals surface area contributed by atoms with Crippen molar-refractivity contribution in [3.8, 4) is 11.1 Å². The highest BCUT2D eigenvalue weighted by Crippen LogP contribution is 2.44. The molecule has 0 aromatic heterocycles. The summed E-state index contributed by atoms with van der Waals surface area (Å²) >= 11 is 0. The lowest BCUT2D eigenvalue weighted by Crippen LogP contribution is -2.52. The lowest BCUT2D eigenvalue weighted by molar-refractivity contribution is -0.142. The van der Waals surface area contributed by atoms with Crippen LogP contribution < -0.4 is 10.6 Å². The molecule has 0 aliphatic heterocycles. The van der Waals surface area contributed by atoms with E-state index in [0.29, 0.717) is 0 Å². The summed E-state index contributed by atoms with van der Waals surface area (Å²) in [7, 11) is 0. The van der Waals surface area contributed by atoms with E-state index in [4.69, 9.17) is 4.74 Å². The minimum atomic E-state index is -1.14. The summed E-state index contributed by atoms with van der Waals surface area (Å²) in [5.74, 6) is -1.80. The van der Waals surface area contributed by atoms with Crippen LogP contribution in [0.3, 0.4) is 0 Å². The molecule has 0 spiro atoms. The van der Waals surface area contributed by atoms with Crippen LogP contribution >= 0.6 is 0 Å². The fraction of sp³-hybridized carbons (Fsp3) is 0.250. The van der Waals surface area contributed by atoms with E-state index in [-0.39, 0.29) is 25.4 Å². The third-order valence-corrected chi connectivity index (χ3v) is 6.26. The summed E-state index contributed by atoms with van der Waals surface area (Å²) in [5.41, 5.74) is 5.23. The first-order valence-corrected chi connectivity index (χ1v) is 11.7. The van der Waals surface area contributed by atoms with Crippen LogP contribution in [0.1, 0.15) is 36.0 Å². The third kappa shape index (κ3) is 5.51. The quantitative estimate of drug-likeness (QED) is 0.435. The molecule has 0 radical (unpaired) electrons. The van der Waals surface area contributed by atoms with Crippen molar-refractivity contribution in [2.75, 3.05) is 6.61 Å². The van der Waals surface area contributed by atoms with Crippen molar-refractivity contribution < 1.29 is 24.2 Å². The number of nitrogens with one attached hydrogen (secondary N) is 2. The van der Waals surface area contributed by atoms with Crippen LogP contribution in [0.5, 0.6) is 0 Å². The molecule has 3 aromatic rings. The van der Waals surface area contributed by atoms with E-state index in [2.05, 4.69) is 22.8 Å². The largest absolute Gasteiger partial charge is 0.480 e. The van der Waals surface area contributed by atoms with Gasteiger partial charge >= 0.3 is 12.1 Å². The highest BCUT2D eigenvalue weighted by atomic mass is 16.5. The molecule has 7 heteroatoms. The molecule has 1 unspecified atom stereocenters. The lowest BCUT2D eigenvalue weighted by Gasteiger charge is -2.21. The van der Waals surface area contributed by atoms with Crippen LogP contribution in [0.2, 0.25) is 0 Å². The van der Waals surface area contributed by atoms with Crippen molar-refractivity contribution in [1.29, 1.82) is 0 Å². The zero-order valence-corrected chi connectivity index (χ0v) is 19.4. The molecule has 0 fully saturated rings. The van der Waals surface area contributed by atoms with E-state index in [1.54, 1.807) is 19.1 Å². The van der Waals surface area contributed by atoms with Gasteiger partial charge in [0.05, 0.1) is 0 Å². The number of hydrogen-bond acceptors (Lipinski definition) is 4. The Kier molecular flexibility index (Phi) is 7.45. The van der Waals surface area contributed by atoms with Crippen LogP contribution in [-0.4, -0.2) is 41.8 Å². The molecule has 180 valence electrons. The van der Waals surface area contributed by atoms with Crippen LogP contribution in [0.25, 0.3) is 11.1 Å². The van der Waals surface area contributed by atoms with E-state index in [1.807, 2.05) is 54.6 Å². The van der Waals surface area contributed by atoms with E-state index >= 15 is 0 Å². The van der Waals surface area contributed by atoms with Crippen molar-refractivity contribution >= 4 is 18.0 Å². The van der Waals surface area contributed by atoms with Gasteiger partial charge < -0.3 is 20.5 Å². The summed E-state index contributed by atoms with van der Waals surface area (Å²) in [5, 5.41) is 14.7. The van der Waals surface area contributed by atoms with Crippen LogP contribution in [0.4, 0.5) is 4.79 Å². The zero-order chi connectivity index (χ0) is 24.8. The molecule has 0 heterocycles. The van der Waals surface area contributed by atoms with Gasteiger partial charge in [0.15, 0.2) is 0 Å². The zero-order valence-electron chi connectivity index (χ0n) is 19.4. The topological polar surface area (TPSA) is 105 Å². The van der Waals surface area contributed by atoms with E-state index in [1.165, 1.54) is 0 Å². The van der Waals surface area contributed by atoms with Crippen molar-refractivity contribution in [2.24, 2.45) is 0 Å². The van der Waals surface area contributed by atoms with Crippen molar-refractivity contribution in [2.45, 2.75) is 37.8 Å². The van der Waals surface area contributed by atoms with Crippen LogP contribution in [0.15, 0.2) is 78.9 Å². The number of aliphatic carboxylic acids is 1. The minimum absolute atomic E-state index is 0.0932. The number of hydrogen-bond donors (Lipinski definition) is 3. The Balaban J connectivity index is 1.36. The summed E-state index contributed by atoms with van der Waals surface area (Å²) in [6.45, 7) is 1.87. The van der Waals surface area contributed by atoms with Gasteiger partial charge in [-0.15, -0.1) is 0 Å². The maximum Gasteiger partial charge on any atom is 0.407 e. The number of amides is 2. The first kappa shape index (κ1) is 24.0. The summed E-state index contributed by atoms with van der Waals surface area (Å²) in [4.78, 5) is 37.0. The number of ether oxygens (including phenoxy) is 1. The second kappa shape index (κ2) is 10.9. The van der Waals surface area contributed by atoms with Gasteiger partial charge in [0, 0.05) is 12.3 Å². The van der Waals surface area contributed by atoms with Gasteiger partial charge in [-0.2, -0.15) is 0 Å². The standard InChI is InChI=1S/C28H28N2O5/c1-2-24(26(31)29-25(27(32)33)16-18-10-4-3-5-11-18)30-28(34)35-17-23-21-14-8-6-12-19(21)20-13-7-9-15-22(20)23/h3-15,23-25H,2,16-17H2,1H3,(H,29,31)(H,30,34)(H,32,33)/t24?,25-/m0/s1. The molecule has 2 atom stereocenters. The molecule has 4 rings (SSSR count). The minimum Gasteiger partial charge on any atom is -0.480 e. The Bertz CT molecular complexity index is 1170. The van der Waals surface area contributed by atoms with E-state index in [0.717, 1.165) is 27.8 Å². The van der Waals surface area contributed by atoms with E-state index in [9.17, 15) is 19.5 Å². The predicted octanol–water partition coefficient (Wildman–Crippen LogP) is 4.12. The molecule has 3 N–H and O–H groups in total. The van der Waals surface area contributed by atoms with E-state index < -0.39 is 30.1 Å². The monoisotopic (exact) mass is 472 g/mol. The molecule has 0 bridgehead atoms. The average molecular weight is 473 g/mol. The number of carboxylic acid groups (broad SMARTS) is 1. The molecule has 1 aliphatic rings. The number of carbonyl (C=O) groups excluding carboxylic acids is 2. The first-order valence-electron chi connectivity index (χ1n) is 11.7. The maximum atomic E-state index is 12.8. The Hall–Kier alpha value is -4.13. The predicted molar refractivity (Wildman–Crippen MR) is 132 cm³/mol. The third-order valence-electron chi connectivity index (χ3n) is 6.26. The lowest BCUT2D eigenvalue weighted by atomic mass is 9.98. The first-order chi connectivity index (χ1) is 17.0. The molecular weight excluding hydrogens is 444 g/mol. The Morgan fingerprint density at radius 3 is 1.97 bits per heavy atom. The number of carboxylic acids is 1. The number of alkyl carbamates (subject to hydrolysis) is 1. The highest BCUT2D eigenvalue weighted by molar-refractivity contribution is 5.89. The second-order valence-corrected chi connectivity index (χ2v) is 8.52. The van der Waals surface area contributed by atoms with Crippen molar-refractivity contribution in [3.05, 3.63) is 95.6 Å². The molecule has 35 heavy (non-hydrogen) atoms. The van der Waals surface area contributed by atoms with Gasteiger partial charge in [-0.1, -0.05) is 85.8 Å². The Morgan fingerprint density at radius 2 is 1.40 bits per heavy atom. The SMILES string of the molecule is CCC(NC(=O)OCC1c2ccccc2-c2ccccc21)C(=O)N[C@@H](Cc1ccccc1)C(=O)O. The molecular formula is C28H28N2O5. The van der Waals surface area contributed by atoms with Crippen LogP contribution in [0, 0.1) is 0 Å². The van der Waals surface area contributed by atoms with Gasteiger partial charge in [0.25, 0.3) is 0 Å². The smallest absolute Gasteiger partial charge is 0.407 e. The number of fused-ring (bicyclic) bond motifs is 3. The summed E-state index contributed by atoms with van der Waals surface area (Å²) < 4.78 is 5.52. The average Bonchev–Trinajstić information content (AvgIpc) is 3.19. The molecule has 1 aliphatic carbocycles. The highest BCUT2D eigenvalue weighted by Gasteiger charge is 2.30. The number of carbonyl (C=O) groups is 3. The second-order valence-electron chi connectivity index (χ2n) is 8.52.